The average molecular weight is 454 g/mol. The van der Waals surface area contributed by atoms with E-state index >= 15 is 0 Å². The maximum atomic E-state index is 12.7. The van der Waals surface area contributed by atoms with Gasteiger partial charge in [-0.3, -0.25) is 9.59 Å². The lowest BCUT2D eigenvalue weighted by Crippen LogP contribution is -2.41. The summed E-state index contributed by atoms with van der Waals surface area (Å²) in [6, 6.07) is 11.1. The number of amides is 1. The molecule has 32 heavy (non-hydrogen) atoms. The zero-order valence-corrected chi connectivity index (χ0v) is 19.1. The van der Waals surface area contributed by atoms with Crippen LogP contribution in [0.5, 0.6) is 5.75 Å². The van der Waals surface area contributed by atoms with Crippen LogP contribution < -0.4 is 10.1 Å². The fraction of sp³-hybridized carbons (Fsp3) is 0.400. The predicted molar refractivity (Wildman–Crippen MR) is 125 cm³/mol. The molecule has 1 aromatic carbocycles. The Kier molecular flexibility index (Phi) is 6.80. The summed E-state index contributed by atoms with van der Waals surface area (Å²) < 4.78 is 7.85. The number of ether oxygens (including phenoxy) is 1. The minimum absolute atomic E-state index is 0.00712. The number of hydrogen-bond donors (Lipinski definition) is 1. The first-order valence-electron chi connectivity index (χ1n) is 11.0. The molecule has 0 saturated heterocycles. The second kappa shape index (κ2) is 9.74. The SMILES string of the molecule is C[C@H](NC(=O)[C@@H]1CC[C@@H](Oc2ccccc2)C1)C(=O)CCc1cnc2c(c1)c(Cl)cn2C. The predicted octanol–water partition coefficient (Wildman–Crippen LogP) is 4.48. The Morgan fingerprint density at radius 2 is 2.06 bits per heavy atom. The van der Waals surface area contributed by atoms with Gasteiger partial charge in [-0.2, -0.15) is 0 Å². The molecular weight excluding hydrogens is 426 g/mol. The molecule has 2 aromatic heterocycles. The van der Waals surface area contributed by atoms with Crippen LogP contribution in [0.3, 0.4) is 0 Å². The van der Waals surface area contributed by atoms with Crippen molar-refractivity contribution in [1.82, 2.24) is 14.9 Å². The van der Waals surface area contributed by atoms with Gasteiger partial charge in [0.1, 0.15) is 11.4 Å². The third kappa shape index (κ3) is 5.13. The molecule has 6 nitrogen and oxygen atoms in total. The summed E-state index contributed by atoms with van der Waals surface area (Å²) in [7, 11) is 1.90. The molecule has 1 aliphatic rings. The van der Waals surface area contributed by atoms with Gasteiger partial charge in [0.25, 0.3) is 0 Å². The fourth-order valence-corrected chi connectivity index (χ4v) is 4.55. The average Bonchev–Trinajstić information content (AvgIpc) is 3.37. The molecule has 168 valence electrons. The fourth-order valence-electron chi connectivity index (χ4n) is 4.27. The number of benzene rings is 1. The minimum Gasteiger partial charge on any atom is -0.490 e. The topological polar surface area (TPSA) is 73.2 Å². The number of hydrogen-bond acceptors (Lipinski definition) is 4. The Hall–Kier alpha value is -2.86. The maximum absolute atomic E-state index is 12.7. The number of aromatic nitrogens is 2. The van der Waals surface area contributed by atoms with Gasteiger partial charge in [-0.25, -0.2) is 4.98 Å². The summed E-state index contributed by atoms with van der Waals surface area (Å²) in [6.45, 7) is 1.75. The lowest BCUT2D eigenvalue weighted by Gasteiger charge is -2.17. The minimum atomic E-state index is -0.520. The molecule has 1 aliphatic carbocycles. The Balaban J connectivity index is 1.25. The van der Waals surface area contributed by atoms with Crippen LogP contribution in [0.4, 0.5) is 0 Å². The molecule has 3 aromatic rings. The van der Waals surface area contributed by atoms with Crippen molar-refractivity contribution in [1.29, 1.82) is 0 Å². The molecule has 0 unspecified atom stereocenters. The lowest BCUT2D eigenvalue weighted by atomic mass is 10.0. The van der Waals surface area contributed by atoms with E-state index in [2.05, 4.69) is 10.3 Å². The highest BCUT2D eigenvalue weighted by Crippen LogP contribution is 2.29. The first-order valence-corrected chi connectivity index (χ1v) is 11.4. The van der Waals surface area contributed by atoms with Gasteiger partial charge in [-0.05, 0) is 56.4 Å². The van der Waals surface area contributed by atoms with Crippen LogP contribution in [0, 0.1) is 5.92 Å². The normalized spacial score (nSPS) is 19.1. The summed E-state index contributed by atoms with van der Waals surface area (Å²) in [6.07, 6.45) is 6.82. The quantitative estimate of drug-likeness (QED) is 0.545. The molecule has 0 aliphatic heterocycles. The van der Waals surface area contributed by atoms with Gasteiger partial charge in [-0.15, -0.1) is 0 Å². The summed E-state index contributed by atoms with van der Waals surface area (Å²) in [4.78, 5) is 29.7. The number of carbonyl (C=O) groups excluding carboxylic acids is 2. The van der Waals surface area contributed by atoms with Gasteiger partial charge in [0.05, 0.1) is 17.2 Å². The van der Waals surface area contributed by atoms with Gasteiger partial charge in [0, 0.05) is 37.2 Å². The molecule has 2 heterocycles. The molecule has 0 radical (unpaired) electrons. The third-order valence-electron chi connectivity index (χ3n) is 6.12. The molecule has 7 heteroatoms. The summed E-state index contributed by atoms with van der Waals surface area (Å²) in [5.41, 5.74) is 1.77. The van der Waals surface area contributed by atoms with Gasteiger partial charge in [-0.1, -0.05) is 29.8 Å². The van der Waals surface area contributed by atoms with Crippen molar-refractivity contribution in [2.24, 2.45) is 13.0 Å². The van der Waals surface area contributed by atoms with Crippen molar-refractivity contribution < 1.29 is 14.3 Å². The van der Waals surface area contributed by atoms with Crippen LogP contribution >= 0.6 is 11.6 Å². The number of aryl methyl sites for hydroxylation is 2. The third-order valence-corrected chi connectivity index (χ3v) is 6.43. The molecule has 0 spiro atoms. The number of pyridine rings is 1. The van der Waals surface area contributed by atoms with Gasteiger partial charge in [0.15, 0.2) is 5.78 Å². The Bertz CT molecular complexity index is 1110. The van der Waals surface area contributed by atoms with Crippen LogP contribution in [0.25, 0.3) is 11.0 Å². The Morgan fingerprint density at radius 1 is 1.28 bits per heavy atom. The first kappa shape index (κ1) is 22.3. The van der Waals surface area contributed by atoms with Crippen LogP contribution in [0.15, 0.2) is 48.8 Å². The molecule has 1 N–H and O–H groups in total. The lowest BCUT2D eigenvalue weighted by molar-refractivity contribution is -0.129. The highest BCUT2D eigenvalue weighted by atomic mass is 35.5. The maximum Gasteiger partial charge on any atom is 0.223 e. The van der Waals surface area contributed by atoms with E-state index in [1.54, 1.807) is 13.1 Å². The number of ketones is 1. The van der Waals surface area contributed by atoms with Crippen LogP contribution in [0.2, 0.25) is 5.02 Å². The van der Waals surface area contributed by atoms with E-state index in [1.165, 1.54) is 0 Å². The van der Waals surface area contributed by atoms with Crippen molar-refractivity contribution in [3.63, 3.8) is 0 Å². The molecule has 3 atom stereocenters. The van der Waals surface area contributed by atoms with E-state index < -0.39 is 6.04 Å². The number of nitrogens with one attached hydrogen (secondary N) is 1. The molecule has 4 rings (SSSR count). The van der Waals surface area contributed by atoms with Crippen LogP contribution in [-0.4, -0.2) is 33.4 Å². The van der Waals surface area contributed by atoms with Crippen molar-refractivity contribution in [3.05, 3.63) is 59.4 Å². The van der Waals surface area contributed by atoms with Gasteiger partial charge < -0.3 is 14.6 Å². The molecular formula is C25H28ClN3O3. The first-order chi connectivity index (χ1) is 15.4. The van der Waals surface area contributed by atoms with E-state index in [9.17, 15) is 9.59 Å². The van der Waals surface area contributed by atoms with Crippen LogP contribution in [-0.2, 0) is 23.1 Å². The van der Waals surface area contributed by atoms with E-state index in [1.807, 2.05) is 54.2 Å². The highest BCUT2D eigenvalue weighted by Gasteiger charge is 2.32. The van der Waals surface area contributed by atoms with Crippen molar-refractivity contribution in [3.8, 4) is 5.75 Å². The highest BCUT2D eigenvalue weighted by molar-refractivity contribution is 6.35. The summed E-state index contributed by atoms with van der Waals surface area (Å²) in [5, 5.41) is 4.43. The van der Waals surface area contributed by atoms with Gasteiger partial charge >= 0.3 is 0 Å². The standard InChI is InChI=1S/C25H28ClN3O3/c1-16(23(30)11-8-17-12-21-22(26)15-29(2)24(21)27-14-17)28-25(31)18-9-10-20(13-18)32-19-6-4-3-5-7-19/h3-7,12,14-16,18,20H,8-11,13H2,1-2H3,(H,28,31)/t16-,18+,20+/m0/s1. The van der Waals surface area contributed by atoms with Crippen LogP contribution in [0.1, 0.15) is 38.2 Å². The monoisotopic (exact) mass is 453 g/mol. The Morgan fingerprint density at radius 3 is 2.84 bits per heavy atom. The number of carbonyl (C=O) groups is 2. The van der Waals surface area contributed by atoms with E-state index in [0.717, 1.165) is 35.2 Å². The number of fused-ring (bicyclic) bond motifs is 1. The van der Waals surface area contributed by atoms with Crippen molar-refractivity contribution >= 4 is 34.3 Å². The second-order valence-corrected chi connectivity index (χ2v) is 8.97. The van der Waals surface area contributed by atoms with Crippen molar-refractivity contribution in [2.75, 3.05) is 0 Å². The molecule has 0 bridgehead atoms. The summed E-state index contributed by atoms with van der Waals surface area (Å²) >= 11 is 6.25. The number of nitrogens with zero attached hydrogens (tertiary/aromatic N) is 2. The zero-order valence-electron chi connectivity index (χ0n) is 18.4. The largest absolute Gasteiger partial charge is 0.490 e. The zero-order chi connectivity index (χ0) is 22.7. The molecule has 1 fully saturated rings. The number of rotatable bonds is 8. The van der Waals surface area contributed by atoms with E-state index in [0.29, 0.717) is 24.3 Å². The van der Waals surface area contributed by atoms with E-state index in [-0.39, 0.29) is 23.7 Å². The number of Topliss-reactive ketones (excluding diaryl/α,β-unsaturated/α-hetero) is 1. The number of halogens is 1. The number of para-hydroxylation sites is 1. The summed E-state index contributed by atoms with van der Waals surface area (Å²) in [5.74, 6) is 0.647. The second-order valence-electron chi connectivity index (χ2n) is 8.56. The van der Waals surface area contributed by atoms with Gasteiger partial charge in [0.2, 0.25) is 5.91 Å². The smallest absolute Gasteiger partial charge is 0.223 e. The van der Waals surface area contributed by atoms with Crippen molar-refractivity contribution in [2.45, 2.75) is 51.2 Å². The van der Waals surface area contributed by atoms with E-state index in [4.69, 9.17) is 16.3 Å². The Labute approximate surface area is 192 Å². The molecule has 1 saturated carbocycles. The molecule has 1 amide bonds.